The third-order valence-electron chi connectivity index (χ3n) is 7.23. The summed E-state index contributed by atoms with van der Waals surface area (Å²) in [5, 5.41) is 22.3. The average Bonchev–Trinajstić information content (AvgIpc) is 2.97. The fraction of sp³-hybridized carbons (Fsp3) is 0.172. The predicted octanol–water partition coefficient (Wildman–Crippen LogP) is 5.63. The fourth-order valence-corrected chi connectivity index (χ4v) is 8.70. The van der Waals surface area contributed by atoms with Crippen LogP contribution in [-0.4, -0.2) is 30.4 Å². The molecule has 0 unspecified atom stereocenters. The van der Waals surface area contributed by atoms with Gasteiger partial charge < -0.3 is 0 Å². The Balaban J connectivity index is 1.66. The molecule has 0 atom stereocenters. The molecule has 0 saturated heterocycles. The molecule has 0 saturated carbocycles. The molecular weight excluding hydrogens is 582 g/mol. The second-order valence-electron chi connectivity index (χ2n) is 9.75. The van der Waals surface area contributed by atoms with Crippen molar-refractivity contribution in [3.05, 3.63) is 128 Å². The van der Waals surface area contributed by atoms with Crippen molar-refractivity contribution in [2.24, 2.45) is 0 Å². The Morgan fingerprint density at radius 1 is 0.619 bits per heavy atom. The van der Waals surface area contributed by atoms with Gasteiger partial charge in [-0.05, 0) is 77.8 Å². The summed E-state index contributed by atoms with van der Waals surface area (Å²) in [5.74, 6) is 0. The first-order chi connectivity index (χ1) is 20.0. The molecule has 0 amide bonds. The Bertz CT molecular complexity index is 1800. The van der Waals surface area contributed by atoms with Gasteiger partial charge in [0.25, 0.3) is 31.4 Å². The quantitative estimate of drug-likeness (QED) is 0.184. The molecule has 0 bridgehead atoms. The summed E-state index contributed by atoms with van der Waals surface area (Å²) >= 11 is 0. The normalized spacial score (nSPS) is 13.5. The highest BCUT2D eigenvalue weighted by Crippen LogP contribution is 2.36. The minimum atomic E-state index is -4.79. The molecule has 0 aromatic heterocycles. The number of fused-ring (bicyclic) bond motifs is 3. The maximum atomic E-state index is 14.0. The second kappa shape index (κ2) is 11.4. The summed E-state index contributed by atoms with van der Waals surface area (Å²) in [5.41, 5.74) is 3.63. The number of sulfonamides is 2. The Hall–Kier alpha value is -4.46. The van der Waals surface area contributed by atoms with Crippen LogP contribution >= 0.6 is 0 Å². The fourth-order valence-electron chi connectivity index (χ4n) is 5.10. The van der Waals surface area contributed by atoms with Crippen LogP contribution in [0.1, 0.15) is 29.5 Å². The van der Waals surface area contributed by atoms with Crippen molar-refractivity contribution in [3.63, 3.8) is 0 Å². The standard InChI is InChI=1S/C29H25N3O8S2/c33-31(34)23-12-16-25(17-13-23)41(37,38)30(42(39,40)26-18-14-24(15-19-26)32(35)36)20-22-8-5-11-29-27-9-3-1-6-21(27)7-2-4-10-28(22)29/h1,3,5-6,8-9,11-19H,2,4,7,10,20H2. The lowest BCUT2D eigenvalue weighted by Crippen LogP contribution is -2.36. The zero-order valence-electron chi connectivity index (χ0n) is 22.1. The molecule has 13 heteroatoms. The zero-order chi connectivity index (χ0) is 30.1. The molecule has 0 spiro atoms. The SMILES string of the molecule is O=[N+]([O-])c1ccc(S(=O)(=O)N(Cc2cccc3c2CCCCc2ccccc2-3)S(=O)(=O)c2ccc([N+](=O)[O-])cc2)cc1. The number of nitrogens with zero attached hydrogens (tertiary/aromatic N) is 3. The number of hydrogen-bond donors (Lipinski definition) is 0. The van der Waals surface area contributed by atoms with Gasteiger partial charge in [-0.2, -0.15) is 0 Å². The first-order valence-electron chi connectivity index (χ1n) is 13.0. The van der Waals surface area contributed by atoms with Crippen LogP contribution in [0.25, 0.3) is 11.1 Å². The van der Waals surface area contributed by atoms with Crippen molar-refractivity contribution < 1.29 is 26.7 Å². The maximum Gasteiger partial charge on any atom is 0.269 e. The van der Waals surface area contributed by atoms with E-state index in [0.717, 1.165) is 90.0 Å². The Kier molecular flexibility index (Phi) is 7.91. The van der Waals surface area contributed by atoms with Gasteiger partial charge in [0, 0.05) is 24.3 Å². The molecular formula is C29H25N3O8S2. The van der Waals surface area contributed by atoms with E-state index in [1.165, 1.54) is 0 Å². The van der Waals surface area contributed by atoms with E-state index >= 15 is 0 Å². The van der Waals surface area contributed by atoms with Crippen LogP contribution in [0.3, 0.4) is 0 Å². The lowest BCUT2D eigenvalue weighted by molar-refractivity contribution is -0.385. The summed E-state index contributed by atoms with van der Waals surface area (Å²) in [6, 6.07) is 21.2. The number of aryl methyl sites for hydroxylation is 1. The van der Waals surface area contributed by atoms with Crippen LogP contribution in [0.5, 0.6) is 0 Å². The summed E-state index contributed by atoms with van der Waals surface area (Å²) < 4.78 is 56.2. The van der Waals surface area contributed by atoms with Crippen LogP contribution in [0.15, 0.2) is 101 Å². The van der Waals surface area contributed by atoms with Crippen molar-refractivity contribution >= 4 is 31.4 Å². The molecule has 1 aliphatic rings. The van der Waals surface area contributed by atoms with Gasteiger partial charge in [-0.1, -0.05) is 46.2 Å². The molecule has 0 aliphatic heterocycles. The minimum absolute atomic E-state index is 0.359. The van der Waals surface area contributed by atoms with Crippen LogP contribution in [0.2, 0.25) is 0 Å². The van der Waals surface area contributed by atoms with Crippen molar-refractivity contribution in [3.8, 4) is 11.1 Å². The van der Waals surface area contributed by atoms with E-state index in [9.17, 15) is 37.1 Å². The van der Waals surface area contributed by atoms with Crippen LogP contribution < -0.4 is 0 Å². The first kappa shape index (κ1) is 29.0. The molecule has 1 aliphatic carbocycles. The highest BCUT2D eigenvalue weighted by Gasteiger charge is 2.38. The van der Waals surface area contributed by atoms with Gasteiger partial charge in [0.2, 0.25) is 0 Å². The average molecular weight is 608 g/mol. The topological polar surface area (TPSA) is 158 Å². The number of rotatable bonds is 8. The molecule has 0 fully saturated rings. The van der Waals surface area contributed by atoms with E-state index in [-0.39, 0.29) is 11.4 Å². The molecule has 4 aromatic carbocycles. The van der Waals surface area contributed by atoms with E-state index in [1.54, 1.807) is 12.1 Å². The van der Waals surface area contributed by atoms with Crippen molar-refractivity contribution in [2.45, 2.75) is 42.0 Å². The first-order valence-corrected chi connectivity index (χ1v) is 15.8. The molecule has 0 heterocycles. The van der Waals surface area contributed by atoms with E-state index in [1.807, 2.05) is 30.3 Å². The third-order valence-corrected chi connectivity index (χ3v) is 11.5. The van der Waals surface area contributed by atoms with Crippen molar-refractivity contribution in [1.29, 1.82) is 0 Å². The molecule has 0 N–H and O–H groups in total. The van der Waals surface area contributed by atoms with Crippen LogP contribution in [0.4, 0.5) is 11.4 Å². The Labute approximate surface area is 242 Å². The lowest BCUT2D eigenvalue weighted by atomic mass is 9.86. The maximum absolute atomic E-state index is 14.0. The van der Waals surface area contributed by atoms with Crippen LogP contribution in [-0.2, 0) is 39.4 Å². The van der Waals surface area contributed by atoms with E-state index < -0.39 is 46.2 Å². The monoisotopic (exact) mass is 607 g/mol. The Morgan fingerprint density at radius 3 is 1.67 bits per heavy atom. The van der Waals surface area contributed by atoms with Crippen molar-refractivity contribution in [1.82, 2.24) is 3.71 Å². The van der Waals surface area contributed by atoms with Gasteiger partial charge >= 0.3 is 0 Å². The summed E-state index contributed by atoms with van der Waals surface area (Å²) in [4.78, 5) is 20.0. The molecule has 11 nitrogen and oxygen atoms in total. The molecule has 42 heavy (non-hydrogen) atoms. The Morgan fingerprint density at radius 2 is 1.12 bits per heavy atom. The smallest absolute Gasteiger partial charge is 0.258 e. The minimum Gasteiger partial charge on any atom is -0.258 e. The number of nitro benzene ring substituents is 2. The number of benzene rings is 4. The molecule has 216 valence electrons. The lowest BCUT2D eigenvalue weighted by Gasteiger charge is -2.25. The van der Waals surface area contributed by atoms with E-state index in [2.05, 4.69) is 0 Å². The van der Waals surface area contributed by atoms with Crippen molar-refractivity contribution in [2.75, 3.05) is 0 Å². The zero-order valence-corrected chi connectivity index (χ0v) is 23.8. The molecule has 5 rings (SSSR count). The van der Waals surface area contributed by atoms with Gasteiger partial charge in [0.15, 0.2) is 0 Å². The number of nitro groups is 2. The van der Waals surface area contributed by atoms with Gasteiger partial charge in [0.05, 0.1) is 26.2 Å². The largest absolute Gasteiger partial charge is 0.269 e. The highest BCUT2D eigenvalue weighted by atomic mass is 32.3. The summed E-state index contributed by atoms with van der Waals surface area (Å²) in [7, 11) is -9.58. The number of hydrogen-bond acceptors (Lipinski definition) is 8. The molecule has 0 radical (unpaired) electrons. The highest BCUT2D eigenvalue weighted by molar-refractivity contribution is 8.04. The molecule has 4 aromatic rings. The predicted molar refractivity (Wildman–Crippen MR) is 155 cm³/mol. The third kappa shape index (κ3) is 5.53. The summed E-state index contributed by atoms with van der Waals surface area (Å²) in [6.07, 6.45) is 3.19. The van der Waals surface area contributed by atoms with Gasteiger partial charge in [-0.15, -0.1) is 0 Å². The van der Waals surface area contributed by atoms with E-state index in [0.29, 0.717) is 15.7 Å². The summed E-state index contributed by atoms with van der Waals surface area (Å²) in [6.45, 7) is -0.552. The second-order valence-corrected chi connectivity index (χ2v) is 13.7. The number of non-ortho nitro benzene ring substituents is 2. The van der Waals surface area contributed by atoms with Gasteiger partial charge in [-0.25, -0.2) is 16.8 Å². The van der Waals surface area contributed by atoms with Crippen LogP contribution in [0, 0.1) is 20.2 Å². The van der Waals surface area contributed by atoms with Gasteiger partial charge in [-0.3, -0.25) is 20.2 Å². The van der Waals surface area contributed by atoms with E-state index in [4.69, 9.17) is 0 Å². The van der Waals surface area contributed by atoms with Gasteiger partial charge in [0.1, 0.15) is 0 Å².